The maximum absolute atomic E-state index is 14.2. The van der Waals surface area contributed by atoms with E-state index < -0.39 is 116 Å². The van der Waals surface area contributed by atoms with Gasteiger partial charge >= 0.3 is 0 Å². The van der Waals surface area contributed by atoms with Crippen LogP contribution in [0.2, 0.25) is 0 Å². The van der Waals surface area contributed by atoms with Crippen LogP contribution in [0, 0.1) is 23.7 Å². The summed E-state index contributed by atoms with van der Waals surface area (Å²) in [4.78, 5) is 69.2. The molecular formula is C45H64ClN5O14S. The van der Waals surface area contributed by atoms with Gasteiger partial charge in [0, 0.05) is 50.0 Å². The number of Topliss-reactive ketones (excluding diaryl/α,β-unsaturated/α-hetero) is 2. The van der Waals surface area contributed by atoms with Gasteiger partial charge in [-0.25, -0.2) is 0 Å². The first-order valence-electron chi connectivity index (χ1n) is 22.5. The van der Waals surface area contributed by atoms with E-state index in [1.165, 1.54) is 36.9 Å². The fraction of sp³-hybridized carbons (Fsp3) is 0.667. The summed E-state index contributed by atoms with van der Waals surface area (Å²) in [6, 6.07) is 1.81. The number of primary amides is 1. The second-order valence-electron chi connectivity index (χ2n) is 18.5. The fourth-order valence-electron chi connectivity index (χ4n) is 10.6. The molecule has 1 saturated carbocycles. The summed E-state index contributed by atoms with van der Waals surface area (Å²) >= 11 is 7.68. The van der Waals surface area contributed by atoms with Crippen LogP contribution in [-0.4, -0.2) is 167 Å². The van der Waals surface area contributed by atoms with Gasteiger partial charge in [-0.15, -0.1) is 23.4 Å². The van der Waals surface area contributed by atoms with Gasteiger partial charge in [-0.1, -0.05) is 31.9 Å². The van der Waals surface area contributed by atoms with Gasteiger partial charge in [0.1, 0.15) is 52.7 Å². The Morgan fingerprint density at radius 1 is 1.02 bits per heavy atom. The lowest BCUT2D eigenvalue weighted by atomic mass is 9.54. The predicted molar refractivity (Wildman–Crippen MR) is 242 cm³/mol. The van der Waals surface area contributed by atoms with Crippen LogP contribution in [0.3, 0.4) is 0 Å². The van der Waals surface area contributed by atoms with Crippen molar-refractivity contribution in [2.24, 2.45) is 29.4 Å². The minimum Gasteiger partial charge on any atom is -0.508 e. The number of aromatic hydroxyl groups is 1. The van der Waals surface area contributed by atoms with Gasteiger partial charge in [0.15, 0.2) is 11.4 Å². The molecule has 3 aliphatic carbocycles. The number of piperidine rings is 1. The number of carbonyl (C=O) groups excluding carboxylic acids is 5. The molecule has 0 bridgehead atoms. The van der Waals surface area contributed by atoms with Crippen molar-refractivity contribution in [1.82, 2.24) is 20.9 Å². The van der Waals surface area contributed by atoms with Crippen molar-refractivity contribution in [3.63, 3.8) is 0 Å². The SMILES string of the molecule is CCC1CC(C(=O)NC(C(C)Cl)C2O[C@H](SC)C(O)[C@H](O)[C@H]2O)CN(CCCCCC(=O)NCCN[C@@H]2C(=O)C(C(N)=O)=C(O)[C@@]3(O)C(=O)C4=C(O)c5c(O)cccc5[C@@](C)(O)[C@H]4C[C@@H]23)C1. The Kier molecular flexibility index (Phi) is 16.3. The molecule has 2 aliphatic heterocycles. The van der Waals surface area contributed by atoms with Crippen molar-refractivity contribution in [3.8, 4) is 5.75 Å². The summed E-state index contributed by atoms with van der Waals surface area (Å²) in [7, 11) is 0. The van der Waals surface area contributed by atoms with E-state index in [0.717, 1.165) is 19.4 Å². The van der Waals surface area contributed by atoms with Gasteiger partial charge in [-0.3, -0.25) is 24.0 Å². The van der Waals surface area contributed by atoms with Gasteiger partial charge in [-0.2, -0.15) is 0 Å². The number of hydrogen-bond donors (Lipinski definition) is 12. The van der Waals surface area contributed by atoms with Gasteiger partial charge in [0.05, 0.1) is 34.5 Å². The first-order valence-corrected chi connectivity index (χ1v) is 24.3. The molecule has 14 atom stereocenters. The van der Waals surface area contributed by atoms with E-state index in [1.54, 1.807) is 13.2 Å². The van der Waals surface area contributed by atoms with Crippen molar-refractivity contribution in [3.05, 3.63) is 46.2 Å². The number of aliphatic hydroxyl groups excluding tert-OH is 5. The highest BCUT2D eigenvalue weighted by Crippen LogP contribution is 2.56. The molecule has 6 unspecified atom stereocenters. The average Bonchev–Trinajstić information content (AvgIpc) is 3.27. The number of nitrogens with one attached hydrogen (secondary N) is 3. The minimum absolute atomic E-state index is 0.00540. The van der Waals surface area contributed by atoms with Crippen molar-refractivity contribution >= 4 is 58.4 Å². The quantitative estimate of drug-likeness (QED) is 0.0554. The Balaban J connectivity index is 0.998. The van der Waals surface area contributed by atoms with Crippen LogP contribution in [-0.2, 0) is 34.3 Å². The van der Waals surface area contributed by atoms with Crippen molar-refractivity contribution < 1.29 is 69.6 Å². The van der Waals surface area contributed by atoms with Crippen LogP contribution >= 0.6 is 23.4 Å². The number of thioether (sulfide) groups is 1. The zero-order chi connectivity index (χ0) is 48.6. The van der Waals surface area contributed by atoms with E-state index in [1.807, 2.05) is 0 Å². The molecule has 6 rings (SSSR count). The number of likely N-dealkylation sites (tertiary alicyclic amines) is 1. The number of ether oxygens (including phenoxy) is 1. The lowest BCUT2D eigenvalue weighted by molar-refractivity contribution is -0.205. The number of aliphatic hydroxyl groups is 7. The largest absolute Gasteiger partial charge is 0.508 e. The second kappa shape index (κ2) is 20.8. The number of fused-ring (bicyclic) bond motifs is 3. The summed E-state index contributed by atoms with van der Waals surface area (Å²) in [6.07, 6.45) is -0.202. The number of nitrogens with two attached hydrogens (primary N) is 1. The van der Waals surface area contributed by atoms with Gasteiger partial charge in [0.25, 0.3) is 5.91 Å². The maximum atomic E-state index is 14.2. The third kappa shape index (κ3) is 9.73. The third-order valence-electron chi connectivity index (χ3n) is 14.2. The number of phenolic OH excluding ortho intramolecular Hbond substituents is 1. The number of benzene rings is 1. The topological polar surface area (TPSA) is 322 Å². The van der Waals surface area contributed by atoms with Crippen LogP contribution in [0.25, 0.3) is 5.76 Å². The van der Waals surface area contributed by atoms with Crippen LogP contribution in [0.5, 0.6) is 5.75 Å². The fourth-order valence-corrected chi connectivity index (χ4v) is 11.4. The lowest BCUT2D eigenvalue weighted by Gasteiger charge is -2.52. The number of halogens is 1. The molecule has 0 spiro atoms. The lowest BCUT2D eigenvalue weighted by Crippen LogP contribution is -2.67. The number of unbranched alkanes of at least 4 members (excludes halogenated alkanes) is 2. The molecule has 13 N–H and O–H groups in total. The van der Waals surface area contributed by atoms with Gasteiger partial charge < -0.3 is 72.2 Å². The monoisotopic (exact) mass is 965 g/mol. The number of alkyl halides is 1. The number of hydrogen-bond acceptors (Lipinski definition) is 17. The van der Waals surface area contributed by atoms with Crippen LogP contribution in [0.15, 0.2) is 35.1 Å². The molecule has 366 valence electrons. The first kappa shape index (κ1) is 51.6. The van der Waals surface area contributed by atoms with E-state index in [2.05, 4.69) is 27.8 Å². The zero-order valence-electron chi connectivity index (χ0n) is 37.5. The molecule has 3 fully saturated rings. The zero-order valence-corrected chi connectivity index (χ0v) is 39.1. The number of phenols is 1. The Morgan fingerprint density at radius 2 is 1.73 bits per heavy atom. The molecule has 1 aromatic rings. The standard InChI is InChI=1S/C45H64ClN5O14S/c1-5-21-16-22(42(62)50-31(20(2)46)38-36(57)35(56)37(58)43(65-38)66-4)19-51(18-21)15-8-6-7-12-27(53)48-13-14-49-32-25-17-24-29(33(54)28-23(44(24,3)63)10-9-11-26(28)52)39(59)45(25,64)40(60)30(34(32)55)41(47)61/h9-11,20-22,24-25,31-32,35-38,43,49,52,54,56-58,60,63-64H,5-8,12-19H2,1-4H3,(H2,47,61)(H,48,53)(H,50,62)/t20?,21?,22?,24-,25-,31?,32-,35+,36+,37?,38?,43+,44+,45-/m0/s1. The summed E-state index contributed by atoms with van der Waals surface area (Å²) in [6.45, 7) is 7.01. The third-order valence-corrected chi connectivity index (χ3v) is 15.4. The van der Waals surface area contributed by atoms with Crippen molar-refractivity contribution in [1.29, 1.82) is 0 Å². The van der Waals surface area contributed by atoms with E-state index in [-0.39, 0.29) is 60.7 Å². The summed E-state index contributed by atoms with van der Waals surface area (Å²) < 4.78 is 5.91. The minimum atomic E-state index is -2.92. The van der Waals surface area contributed by atoms with E-state index in [4.69, 9.17) is 22.1 Å². The molecule has 3 amide bonds. The number of carbonyl (C=O) groups is 5. The molecule has 66 heavy (non-hydrogen) atoms. The Labute approximate surface area is 392 Å². The number of nitrogens with zero attached hydrogens (tertiary/aromatic N) is 1. The van der Waals surface area contributed by atoms with Crippen molar-refractivity contribution in [2.75, 3.05) is 39.0 Å². The Hall–Kier alpha value is -3.83. The first-order chi connectivity index (χ1) is 31.1. The molecule has 0 aromatic heterocycles. The highest BCUT2D eigenvalue weighted by molar-refractivity contribution is 7.99. The summed E-state index contributed by atoms with van der Waals surface area (Å²) in [5.41, 5.74) is -1.82. The van der Waals surface area contributed by atoms with Crippen molar-refractivity contribution in [2.45, 2.75) is 124 Å². The van der Waals surface area contributed by atoms with Gasteiger partial charge in [0.2, 0.25) is 17.6 Å². The average molecular weight is 967 g/mol. The molecule has 2 heterocycles. The second-order valence-corrected chi connectivity index (χ2v) is 20.1. The molecule has 1 aromatic carbocycles. The summed E-state index contributed by atoms with van der Waals surface area (Å²) in [5, 5.41) is 96.3. The number of amides is 3. The highest BCUT2D eigenvalue weighted by Gasteiger charge is 2.66. The van der Waals surface area contributed by atoms with Crippen LogP contribution in [0.1, 0.15) is 76.8 Å². The molecule has 2 saturated heterocycles. The molecule has 0 radical (unpaired) electrons. The maximum Gasteiger partial charge on any atom is 0.255 e. The van der Waals surface area contributed by atoms with E-state index in [9.17, 15) is 64.8 Å². The Bertz CT molecular complexity index is 2100. The van der Waals surface area contributed by atoms with E-state index in [0.29, 0.717) is 32.4 Å². The summed E-state index contributed by atoms with van der Waals surface area (Å²) in [5.74, 6) is -9.44. The van der Waals surface area contributed by atoms with E-state index >= 15 is 0 Å². The number of rotatable bonds is 17. The highest BCUT2D eigenvalue weighted by atomic mass is 35.5. The molecule has 21 heteroatoms. The molecule has 19 nitrogen and oxygen atoms in total. The van der Waals surface area contributed by atoms with Crippen LogP contribution < -0.4 is 21.7 Å². The van der Waals surface area contributed by atoms with Gasteiger partial charge in [-0.05, 0) is 69.9 Å². The predicted octanol–water partition coefficient (Wildman–Crippen LogP) is -0.0356. The normalized spacial score (nSPS) is 34.5. The number of ketones is 2. The smallest absolute Gasteiger partial charge is 0.255 e. The molecular weight excluding hydrogens is 902 g/mol. The van der Waals surface area contributed by atoms with Crippen LogP contribution in [0.4, 0.5) is 0 Å². The Morgan fingerprint density at radius 3 is 2.38 bits per heavy atom. The molecule has 5 aliphatic rings.